The van der Waals surface area contributed by atoms with Crippen LogP contribution in [-0.4, -0.2) is 16.0 Å². The Balaban J connectivity index is 2.10. The number of hydrogen-bond donors (Lipinski definition) is 2. The quantitative estimate of drug-likeness (QED) is 0.633. The number of para-hydroxylation sites is 1. The Hall–Kier alpha value is -2.83. The molecule has 0 saturated heterocycles. The molecule has 7 nitrogen and oxygen atoms in total. The number of anilines is 1. The van der Waals surface area contributed by atoms with Crippen molar-refractivity contribution in [3.05, 3.63) is 57.8 Å². The van der Waals surface area contributed by atoms with Gasteiger partial charge in [0.15, 0.2) is 5.88 Å². The first-order valence-electron chi connectivity index (χ1n) is 5.37. The van der Waals surface area contributed by atoms with Gasteiger partial charge >= 0.3 is 5.97 Å². The molecule has 0 bridgehead atoms. The molecule has 1 aromatic carbocycles. The van der Waals surface area contributed by atoms with Crippen molar-refractivity contribution in [1.29, 1.82) is 0 Å². The number of furan rings is 1. The summed E-state index contributed by atoms with van der Waals surface area (Å²) in [6, 6.07) is 9.06. The van der Waals surface area contributed by atoms with Crippen LogP contribution < -0.4 is 5.32 Å². The number of benzene rings is 1. The number of hydrogen-bond acceptors (Lipinski definition) is 5. The second kappa shape index (κ2) is 5.21. The third kappa shape index (κ3) is 2.89. The molecule has 0 atom stereocenters. The molecule has 0 saturated carbocycles. The van der Waals surface area contributed by atoms with Gasteiger partial charge in [-0.15, -0.1) is 0 Å². The summed E-state index contributed by atoms with van der Waals surface area (Å²) in [5, 5.41) is 22.3. The van der Waals surface area contributed by atoms with Crippen molar-refractivity contribution in [3.8, 4) is 0 Å². The first-order valence-corrected chi connectivity index (χ1v) is 5.37. The molecule has 0 amide bonds. The van der Waals surface area contributed by atoms with E-state index in [1.165, 1.54) is 18.2 Å². The van der Waals surface area contributed by atoms with Gasteiger partial charge in [0.05, 0.1) is 4.92 Å². The number of carbonyl (C=O) groups is 1. The largest absolute Gasteiger partial charge is 0.475 e. The molecule has 0 spiro atoms. The number of carboxylic acid groups (broad SMARTS) is 1. The maximum absolute atomic E-state index is 10.8. The van der Waals surface area contributed by atoms with E-state index in [9.17, 15) is 14.9 Å². The van der Waals surface area contributed by atoms with E-state index in [-0.39, 0.29) is 23.9 Å². The molecule has 19 heavy (non-hydrogen) atoms. The van der Waals surface area contributed by atoms with Crippen LogP contribution in [0.15, 0.2) is 40.8 Å². The van der Waals surface area contributed by atoms with Crippen LogP contribution in [-0.2, 0) is 6.54 Å². The van der Waals surface area contributed by atoms with E-state index in [2.05, 4.69) is 5.32 Å². The minimum atomic E-state index is -1.17. The van der Waals surface area contributed by atoms with Crippen LogP contribution in [0.1, 0.15) is 16.1 Å². The van der Waals surface area contributed by atoms with Crippen LogP contribution in [0.25, 0.3) is 0 Å². The Morgan fingerprint density at radius 3 is 2.68 bits per heavy atom. The molecular formula is C12H10N2O5. The van der Waals surface area contributed by atoms with Crippen LogP contribution in [0, 0.1) is 10.1 Å². The summed E-state index contributed by atoms with van der Waals surface area (Å²) < 4.78 is 4.99. The Kier molecular flexibility index (Phi) is 3.46. The van der Waals surface area contributed by atoms with Crippen LogP contribution in [0.3, 0.4) is 0 Å². The summed E-state index contributed by atoms with van der Waals surface area (Å²) in [6.07, 6.45) is 0. The fourth-order valence-corrected chi connectivity index (χ4v) is 1.57. The topological polar surface area (TPSA) is 106 Å². The molecule has 0 unspecified atom stereocenters. The smallest absolute Gasteiger partial charge is 0.371 e. The molecule has 0 fully saturated rings. The summed E-state index contributed by atoms with van der Waals surface area (Å²) in [4.78, 5) is 21.0. The number of carboxylic acids is 1. The van der Waals surface area contributed by atoms with E-state index >= 15 is 0 Å². The highest BCUT2D eigenvalue weighted by Gasteiger charge is 2.13. The third-order valence-corrected chi connectivity index (χ3v) is 2.46. The minimum absolute atomic E-state index is 0.0000131. The zero-order valence-electron chi connectivity index (χ0n) is 9.70. The Morgan fingerprint density at radius 1 is 1.32 bits per heavy atom. The number of nitrogens with zero attached hydrogens (tertiary/aromatic N) is 1. The van der Waals surface area contributed by atoms with E-state index in [4.69, 9.17) is 9.52 Å². The van der Waals surface area contributed by atoms with Gasteiger partial charge in [0, 0.05) is 24.2 Å². The second-order valence-corrected chi connectivity index (χ2v) is 3.71. The van der Waals surface area contributed by atoms with E-state index in [0.717, 1.165) is 0 Å². The van der Waals surface area contributed by atoms with Crippen LogP contribution in [0.4, 0.5) is 11.6 Å². The molecule has 2 rings (SSSR count). The number of nitrogens with one attached hydrogen (secondary N) is 1. The van der Waals surface area contributed by atoms with Gasteiger partial charge < -0.3 is 14.8 Å². The van der Waals surface area contributed by atoms with Crippen molar-refractivity contribution >= 4 is 17.5 Å². The fourth-order valence-electron chi connectivity index (χ4n) is 1.57. The van der Waals surface area contributed by atoms with Crippen molar-refractivity contribution < 1.29 is 19.2 Å². The van der Waals surface area contributed by atoms with E-state index in [1.54, 1.807) is 18.2 Å². The van der Waals surface area contributed by atoms with Crippen molar-refractivity contribution in [2.75, 3.05) is 5.32 Å². The molecule has 2 N–H and O–H groups in total. The number of aromatic carboxylic acids is 1. The summed E-state index contributed by atoms with van der Waals surface area (Å²) in [6.45, 7) is 0.170. The van der Waals surface area contributed by atoms with Crippen molar-refractivity contribution in [1.82, 2.24) is 0 Å². The van der Waals surface area contributed by atoms with Gasteiger partial charge in [-0.05, 0) is 6.07 Å². The lowest BCUT2D eigenvalue weighted by molar-refractivity contribution is -0.385. The molecule has 0 aliphatic rings. The number of nitro benzene ring substituents is 1. The van der Waals surface area contributed by atoms with Gasteiger partial charge in [-0.2, -0.15) is 0 Å². The first kappa shape index (κ1) is 12.6. The Morgan fingerprint density at radius 2 is 2.05 bits per heavy atom. The van der Waals surface area contributed by atoms with Gasteiger partial charge in [-0.25, -0.2) is 4.79 Å². The van der Waals surface area contributed by atoms with Crippen LogP contribution in [0.5, 0.6) is 0 Å². The van der Waals surface area contributed by atoms with E-state index in [0.29, 0.717) is 5.56 Å². The van der Waals surface area contributed by atoms with Gasteiger partial charge in [0.2, 0.25) is 5.76 Å². The average Bonchev–Trinajstić information content (AvgIpc) is 2.85. The lowest BCUT2D eigenvalue weighted by Gasteiger charge is -2.03. The fraction of sp³-hybridized carbons (Fsp3) is 0.0833. The Bertz CT molecular complexity index is 620. The predicted octanol–water partition coefficient (Wildman–Crippen LogP) is 2.50. The normalized spacial score (nSPS) is 10.1. The zero-order valence-corrected chi connectivity index (χ0v) is 9.70. The average molecular weight is 262 g/mol. The molecule has 7 heteroatoms. The molecule has 98 valence electrons. The van der Waals surface area contributed by atoms with Gasteiger partial charge in [0.1, 0.15) is 0 Å². The predicted molar refractivity (Wildman–Crippen MR) is 66.1 cm³/mol. The van der Waals surface area contributed by atoms with Gasteiger partial charge in [0.25, 0.3) is 5.69 Å². The lowest BCUT2D eigenvalue weighted by atomic mass is 10.2. The summed E-state index contributed by atoms with van der Waals surface area (Å²) >= 11 is 0. The van der Waals surface area contributed by atoms with Crippen LogP contribution in [0.2, 0.25) is 0 Å². The third-order valence-electron chi connectivity index (χ3n) is 2.46. The van der Waals surface area contributed by atoms with Gasteiger partial charge in [-0.1, -0.05) is 18.2 Å². The van der Waals surface area contributed by atoms with Gasteiger partial charge in [-0.3, -0.25) is 10.1 Å². The maximum Gasteiger partial charge on any atom is 0.371 e. The monoisotopic (exact) mass is 262 g/mol. The Labute approximate surface area is 107 Å². The highest BCUT2D eigenvalue weighted by atomic mass is 16.6. The van der Waals surface area contributed by atoms with E-state index < -0.39 is 10.9 Å². The molecule has 0 aliphatic heterocycles. The van der Waals surface area contributed by atoms with Crippen molar-refractivity contribution in [2.24, 2.45) is 0 Å². The van der Waals surface area contributed by atoms with Crippen molar-refractivity contribution in [3.63, 3.8) is 0 Å². The first-order chi connectivity index (χ1) is 9.08. The molecule has 0 aliphatic carbocycles. The zero-order chi connectivity index (χ0) is 13.8. The SMILES string of the molecule is O=C(O)c1ccc(NCc2ccccc2[N+](=O)[O-])o1. The molecule has 1 aromatic heterocycles. The number of nitro groups is 1. The van der Waals surface area contributed by atoms with Crippen molar-refractivity contribution in [2.45, 2.75) is 6.54 Å². The van der Waals surface area contributed by atoms with Crippen LogP contribution >= 0.6 is 0 Å². The molecule has 1 heterocycles. The number of rotatable bonds is 5. The summed E-state index contributed by atoms with van der Waals surface area (Å²) in [7, 11) is 0. The molecule has 0 radical (unpaired) electrons. The highest BCUT2D eigenvalue weighted by Crippen LogP contribution is 2.20. The molecular weight excluding hydrogens is 252 g/mol. The minimum Gasteiger partial charge on any atom is -0.475 e. The highest BCUT2D eigenvalue weighted by molar-refractivity contribution is 5.84. The second-order valence-electron chi connectivity index (χ2n) is 3.71. The lowest BCUT2D eigenvalue weighted by Crippen LogP contribution is -2.02. The summed E-state index contributed by atoms with van der Waals surface area (Å²) in [5.41, 5.74) is 0.487. The summed E-state index contributed by atoms with van der Waals surface area (Å²) in [5.74, 6) is -1.11. The standard InChI is InChI=1S/C12H10N2O5/c15-12(16)10-5-6-11(19-10)13-7-8-3-1-2-4-9(8)14(17)18/h1-6,13H,7H2,(H,15,16). The van der Waals surface area contributed by atoms with E-state index in [1.807, 2.05) is 0 Å². The maximum atomic E-state index is 10.8. The molecule has 2 aromatic rings.